The zero-order chi connectivity index (χ0) is 33.4. The maximum absolute atomic E-state index is 13.6. The molecular weight excluding hydrogens is 705 g/mol. The lowest BCUT2D eigenvalue weighted by Crippen LogP contribution is -2.54. The van der Waals surface area contributed by atoms with Gasteiger partial charge < -0.3 is 24.3 Å². The lowest BCUT2D eigenvalue weighted by Gasteiger charge is -2.27. The van der Waals surface area contributed by atoms with Crippen LogP contribution in [0.1, 0.15) is 32.8 Å². The fraction of sp³-hybridized carbons (Fsp3) is 0.250. The van der Waals surface area contributed by atoms with Gasteiger partial charge in [0.2, 0.25) is 0 Å². The van der Waals surface area contributed by atoms with Crippen LogP contribution in [0.15, 0.2) is 58.6 Å². The molecule has 0 bridgehead atoms. The van der Waals surface area contributed by atoms with Crippen molar-refractivity contribution in [2.75, 3.05) is 36.6 Å². The smallest absolute Gasteiger partial charge is 0.335 e. The van der Waals surface area contributed by atoms with Crippen molar-refractivity contribution < 1.29 is 38.1 Å². The maximum atomic E-state index is 13.6. The normalized spacial score (nSPS) is 13.8. The molecule has 1 heterocycles. The zero-order valence-corrected chi connectivity index (χ0v) is 28.2. The Morgan fingerprint density at radius 2 is 1.63 bits per heavy atom. The van der Waals surface area contributed by atoms with Crippen molar-refractivity contribution in [2.24, 2.45) is 0 Å². The molecule has 1 fully saturated rings. The van der Waals surface area contributed by atoms with Gasteiger partial charge in [0.05, 0.1) is 40.0 Å². The number of rotatable bonds is 13. The van der Waals surface area contributed by atoms with E-state index >= 15 is 0 Å². The van der Waals surface area contributed by atoms with Gasteiger partial charge >= 0.3 is 6.03 Å². The van der Waals surface area contributed by atoms with Gasteiger partial charge in [-0.05, 0) is 90.3 Å². The van der Waals surface area contributed by atoms with E-state index in [0.29, 0.717) is 45.5 Å². The predicted molar refractivity (Wildman–Crippen MR) is 178 cm³/mol. The van der Waals surface area contributed by atoms with E-state index in [-0.39, 0.29) is 41.0 Å². The number of anilines is 2. The van der Waals surface area contributed by atoms with Crippen LogP contribution in [-0.4, -0.2) is 50.2 Å². The van der Waals surface area contributed by atoms with Crippen molar-refractivity contribution in [1.29, 1.82) is 0 Å². The number of carbonyl (C=O) groups is 4. The first-order chi connectivity index (χ1) is 22.1. The molecule has 0 saturated carbocycles. The van der Waals surface area contributed by atoms with E-state index < -0.39 is 23.8 Å². The highest BCUT2D eigenvalue weighted by Crippen LogP contribution is 2.38. The van der Waals surface area contributed by atoms with E-state index in [1.54, 1.807) is 44.2 Å². The highest BCUT2D eigenvalue weighted by atomic mass is 79.9. The van der Waals surface area contributed by atoms with Crippen LogP contribution in [0.4, 0.5) is 16.2 Å². The number of barbiturate groups is 1. The number of nitrogens with one attached hydrogen (secondary N) is 2. The Balaban J connectivity index is 1.59. The third-order valence-electron chi connectivity index (χ3n) is 6.24. The summed E-state index contributed by atoms with van der Waals surface area (Å²) < 4.78 is 23.3. The molecular formula is C32H30BrCl2N3O8. The SMILES string of the molecule is CCCOc1ccc(N2C(=O)NC(=O)/C(=C\c3cc(Br)c(OCC(=O)Nc4ccc(Cl)c(Cl)c4)c(OCC)c3)C2=O)cc1OCC. The summed E-state index contributed by atoms with van der Waals surface area (Å²) in [4.78, 5) is 52.7. The first-order valence-electron chi connectivity index (χ1n) is 14.2. The minimum atomic E-state index is -0.907. The Labute approximate surface area is 283 Å². The quantitative estimate of drug-likeness (QED) is 0.141. The van der Waals surface area contributed by atoms with E-state index in [1.807, 2.05) is 6.92 Å². The minimum Gasteiger partial charge on any atom is -0.490 e. The predicted octanol–water partition coefficient (Wildman–Crippen LogP) is 7.03. The molecule has 0 atom stereocenters. The van der Waals surface area contributed by atoms with Gasteiger partial charge in [-0.15, -0.1) is 0 Å². The molecule has 11 nitrogen and oxygen atoms in total. The van der Waals surface area contributed by atoms with Gasteiger partial charge in [-0.2, -0.15) is 0 Å². The van der Waals surface area contributed by atoms with Crippen LogP contribution in [0.3, 0.4) is 0 Å². The Morgan fingerprint density at radius 1 is 0.891 bits per heavy atom. The van der Waals surface area contributed by atoms with Gasteiger partial charge in [0, 0.05) is 11.8 Å². The van der Waals surface area contributed by atoms with Crippen LogP contribution in [0, 0.1) is 0 Å². The van der Waals surface area contributed by atoms with Crippen molar-refractivity contribution >= 4 is 80.3 Å². The monoisotopic (exact) mass is 733 g/mol. The van der Waals surface area contributed by atoms with Gasteiger partial charge in [0.25, 0.3) is 17.7 Å². The van der Waals surface area contributed by atoms with Crippen LogP contribution < -0.4 is 34.5 Å². The molecule has 242 valence electrons. The molecule has 0 aromatic heterocycles. The van der Waals surface area contributed by atoms with Crippen molar-refractivity contribution in [3.8, 4) is 23.0 Å². The van der Waals surface area contributed by atoms with E-state index in [0.717, 1.165) is 11.3 Å². The Morgan fingerprint density at radius 3 is 2.33 bits per heavy atom. The molecule has 46 heavy (non-hydrogen) atoms. The second-order valence-corrected chi connectivity index (χ2v) is 11.3. The Bertz CT molecular complexity index is 1700. The molecule has 1 aliphatic heterocycles. The first-order valence-corrected chi connectivity index (χ1v) is 15.8. The lowest BCUT2D eigenvalue weighted by atomic mass is 10.1. The number of benzene rings is 3. The fourth-order valence-electron chi connectivity index (χ4n) is 4.28. The Hall–Kier alpha value is -4.26. The van der Waals surface area contributed by atoms with E-state index in [2.05, 4.69) is 26.6 Å². The number of ether oxygens (including phenoxy) is 4. The van der Waals surface area contributed by atoms with Gasteiger partial charge in [-0.25, -0.2) is 9.69 Å². The van der Waals surface area contributed by atoms with Gasteiger partial charge in [-0.3, -0.25) is 19.7 Å². The van der Waals surface area contributed by atoms with Crippen LogP contribution in [0.2, 0.25) is 10.0 Å². The summed E-state index contributed by atoms with van der Waals surface area (Å²) in [7, 11) is 0. The van der Waals surface area contributed by atoms with Crippen molar-refractivity contribution in [3.05, 3.63) is 74.2 Å². The number of urea groups is 1. The number of nitrogens with zero attached hydrogens (tertiary/aromatic N) is 1. The van der Waals surface area contributed by atoms with Crippen molar-refractivity contribution in [1.82, 2.24) is 5.32 Å². The number of hydrogen-bond acceptors (Lipinski definition) is 8. The number of halogens is 3. The number of amides is 5. The van der Waals surface area contributed by atoms with Gasteiger partial charge in [0.15, 0.2) is 29.6 Å². The van der Waals surface area contributed by atoms with Crippen LogP contribution in [0.5, 0.6) is 23.0 Å². The minimum absolute atomic E-state index is 0.187. The van der Waals surface area contributed by atoms with Crippen molar-refractivity contribution in [3.63, 3.8) is 0 Å². The third-order valence-corrected chi connectivity index (χ3v) is 7.57. The molecule has 2 N–H and O–H groups in total. The molecule has 3 aromatic carbocycles. The summed E-state index contributed by atoms with van der Waals surface area (Å²) in [5.74, 6) is -0.898. The molecule has 4 rings (SSSR count). The molecule has 14 heteroatoms. The zero-order valence-electron chi connectivity index (χ0n) is 25.1. The second-order valence-electron chi connectivity index (χ2n) is 9.60. The fourth-order valence-corrected chi connectivity index (χ4v) is 5.15. The molecule has 0 aliphatic carbocycles. The number of carbonyl (C=O) groups excluding carboxylic acids is 4. The van der Waals surface area contributed by atoms with E-state index in [1.165, 1.54) is 24.3 Å². The molecule has 1 aliphatic rings. The molecule has 0 unspecified atom stereocenters. The largest absolute Gasteiger partial charge is 0.490 e. The summed E-state index contributed by atoms with van der Waals surface area (Å²) in [5, 5.41) is 5.52. The van der Waals surface area contributed by atoms with Crippen LogP contribution in [-0.2, 0) is 14.4 Å². The summed E-state index contributed by atoms with van der Waals surface area (Å²) in [5.41, 5.74) is 0.709. The van der Waals surface area contributed by atoms with Gasteiger partial charge in [-0.1, -0.05) is 30.1 Å². The summed E-state index contributed by atoms with van der Waals surface area (Å²) >= 11 is 15.4. The highest BCUT2D eigenvalue weighted by Gasteiger charge is 2.37. The van der Waals surface area contributed by atoms with Crippen molar-refractivity contribution in [2.45, 2.75) is 27.2 Å². The van der Waals surface area contributed by atoms with E-state index in [9.17, 15) is 19.2 Å². The number of hydrogen-bond donors (Lipinski definition) is 2. The topological polar surface area (TPSA) is 132 Å². The Kier molecular flexibility index (Phi) is 11.9. The molecule has 1 saturated heterocycles. The highest BCUT2D eigenvalue weighted by molar-refractivity contribution is 9.10. The van der Waals surface area contributed by atoms with E-state index in [4.69, 9.17) is 42.1 Å². The molecule has 0 spiro atoms. The van der Waals surface area contributed by atoms with Gasteiger partial charge in [0.1, 0.15) is 5.57 Å². The summed E-state index contributed by atoms with van der Waals surface area (Å²) in [6, 6.07) is 11.5. The average molecular weight is 735 g/mol. The van der Waals surface area contributed by atoms with Crippen LogP contribution >= 0.6 is 39.1 Å². The first kappa shape index (κ1) is 34.6. The van der Waals surface area contributed by atoms with Crippen LogP contribution in [0.25, 0.3) is 6.08 Å². The molecule has 5 amide bonds. The second kappa shape index (κ2) is 15.8. The number of imide groups is 2. The standard InChI is InChI=1S/C32H30BrCl2N3O8/c1-4-11-45-25-10-8-20(16-26(25)43-5-2)38-31(41)21(30(40)37-32(38)42)12-18-13-22(33)29(27(14-18)44-6-3)46-17-28(39)36-19-7-9-23(34)24(35)15-19/h7-10,12-16H,4-6,11,17H2,1-3H3,(H,36,39)(H,37,40,42)/b21-12+. The summed E-state index contributed by atoms with van der Waals surface area (Å²) in [6.07, 6.45) is 2.10. The lowest BCUT2D eigenvalue weighted by molar-refractivity contribution is -0.122. The molecule has 3 aromatic rings. The molecule has 0 radical (unpaired) electrons. The summed E-state index contributed by atoms with van der Waals surface area (Å²) in [6.45, 7) is 6.19. The maximum Gasteiger partial charge on any atom is 0.335 e. The average Bonchev–Trinajstić information content (AvgIpc) is 3.00. The third kappa shape index (κ3) is 8.31.